The normalized spacial score (nSPS) is 14.2. The minimum Gasteiger partial charge on any atom is -0.489 e. The molecule has 0 unspecified atom stereocenters. The third-order valence-corrected chi connectivity index (χ3v) is 3.25. The summed E-state index contributed by atoms with van der Waals surface area (Å²) in [5.41, 5.74) is 0.959. The number of ether oxygens (including phenoxy) is 2. The van der Waals surface area contributed by atoms with Crippen LogP contribution in [-0.4, -0.2) is 24.3 Å². The van der Waals surface area contributed by atoms with E-state index in [2.05, 4.69) is 15.9 Å². The van der Waals surface area contributed by atoms with Crippen molar-refractivity contribution in [2.24, 2.45) is 0 Å². The van der Waals surface area contributed by atoms with Crippen molar-refractivity contribution in [3.63, 3.8) is 0 Å². The SMILES string of the molecule is CCc1c(C(=O)O)cc(Br)c2c1OCCCO2. The number of carboxylic acid groups (broad SMARTS) is 1. The van der Waals surface area contributed by atoms with Gasteiger partial charge in [0.25, 0.3) is 0 Å². The van der Waals surface area contributed by atoms with Gasteiger partial charge >= 0.3 is 5.97 Å². The number of carboxylic acids is 1. The van der Waals surface area contributed by atoms with Crippen LogP contribution in [0.25, 0.3) is 0 Å². The van der Waals surface area contributed by atoms with Gasteiger partial charge in [0.2, 0.25) is 0 Å². The number of hydrogen-bond donors (Lipinski definition) is 1. The average Bonchev–Trinajstić information content (AvgIpc) is 2.54. The molecular formula is C12H13BrO4. The van der Waals surface area contributed by atoms with Crippen LogP contribution in [0.4, 0.5) is 0 Å². The molecule has 0 aliphatic carbocycles. The second-order valence-corrected chi connectivity index (χ2v) is 4.61. The molecule has 1 aliphatic rings. The smallest absolute Gasteiger partial charge is 0.336 e. The highest BCUT2D eigenvalue weighted by atomic mass is 79.9. The van der Waals surface area contributed by atoms with Gasteiger partial charge < -0.3 is 14.6 Å². The van der Waals surface area contributed by atoms with Crippen LogP contribution in [0.1, 0.15) is 29.3 Å². The van der Waals surface area contributed by atoms with E-state index in [0.29, 0.717) is 41.2 Å². The largest absolute Gasteiger partial charge is 0.489 e. The Kier molecular flexibility index (Phi) is 3.57. The predicted molar refractivity (Wildman–Crippen MR) is 66.1 cm³/mol. The van der Waals surface area contributed by atoms with Crippen molar-refractivity contribution in [2.45, 2.75) is 19.8 Å². The Balaban J connectivity index is 2.64. The van der Waals surface area contributed by atoms with Crippen LogP contribution in [0.5, 0.6) is 11.5 Å². The van der Waals surface area contributed by atoms with E-state index in [0.717, 1.165) is 6.42 Å². The van der Waals surface area contributed by atoms with Crippen molar-refractivity contribution >= 4 is 21.9 Å². The van der Waals surface area contributed by atoms with Gasteiger partial charge in [-0.05, 0) is 28.4 Å². The molecule has 0 radical (unpaired) electrons. The standard InChI is InChI=1S/C12H13BrO4/c1-2-7-8(12(14)15)6-9(13)11-10(7)16-4-3-5-17-11/h6H,2-5H2,1H3,(H,14,15). The zero-order chi connectivity index (χ0) is 12.4. The van der Waals surface area contributed by atoms with Crippen LogP contribution in [0.2, 0.25) is 0 Å². The summed E-state index contributed by atoms with van der Waals surface area (Å²) in [7, 11) is 0. The molecule has 17 heavy (non-hydrogen) atoms. The molecule has 0 bridgehead atoms. The number of halogens is 1. The molecule has 92 valence electrons. The number of carbonyl (C=O) groups is 1. The molecule has 0 amide bonds. The van der Waals surface area contributed by atoms with Gasteiger partial charge in [-0.2, -0.15) is 0 Å². The first-order valence-electron chi connectivity index (χ1n) is 5.49. The Labute approximate surface area is 108 Å². The van der Waals surface area contributed by atoms with Crippen LogP contribution in [0.3, 0.4) is 0 Å². The van der Waals surface area contributed by atoms with Gasteiger partial charge in [-0.3, -0.25) is 0 Å². The molecule has 0 fully saturated rings. The van der Waals surface area contributed by atoms with Crippen molar-refractivity contribution in [3.8, 4) is 11.5 Å². The summed E-state index contributed by atoms with van der Waals surface area (Å²) in [5, 5.41) is 9.18. The summed E-state index contributed by atoms with van der Waals surface area (Å²) in [4.78, 5) is 11.2. The maximum Gasteiger partial charge on any atom is 0.336 e. The van der Waals surface area contributed by atoms with Crippen molar-refractivity contribution in [1.82, 2.24) is 0 Å². The number of hydrogen-bond acceptors (Lipinski definition) is 3. The van der Waals surface area contributed by atoms with Gasteiger partial charge in [-0.1, -0.05) is 6.92 Å². The maximum atomic E-state index is 11.2. The van der Waals surface area contributed by atoms with E-state index >= 15 is 0 Å². The molecule has 0 saturated heterocycles. The van der Waals surface area contributed by atoms with E-state index in [1.54, 1.807) is 6.07 Å². The minimum absolute atomic E-state index is 0.267. The van der Waals surface area contributed by atoms with E-state index in [4.69, 9.17) is 9.47 Å². The van der Waals surface area contributed by atoms with Crippen LogP contribution >= 0.6 is 15.9 Å². The first kappa shape index (κ1) is 12.2. The van der Waals surface area contributed by atoms with Crippen molar-refractivity contribution in [1.29, 1.82) is 0 Å². The fraction of sp³-hybridized carbons (Fsp3) is 0.417. The van der Waals surface area contributed by atoms with Gasteiger partial charge in [0.1, 0.15) is 0 Å². The van der Waals surface area contributed by atoms with Crippen molar-refractivity contribution < 1.29 is 19.4 Å². The van der Waals surface area contributed by atoms with Gasteiger partial charge in [-0.15, -0.1) is 0 Å². The lowest BCUT2D eigenvalue weighted by Gasteiger charge is -2.15. The molecule has 4 nitrogen and oxygen atoms in total. The third kappa shape index (κ3) is 2.24. The zero-order valence-corrected chi connectivity index (χ0v) is 11.0. The van der Waals surface area contributed by atoms with Crippen LogP contribution in [-0.2, 0) is 6.42 Å². The maximum absolute atomic E-state index is 11.2. The zero-order valence-electron chi connectivity index (χ0n) is 9.46. The highest BCUT2D eigenvalue weighted by Crippen LogP contribution is 2.42. The molecule has 2 rings (SSSR count). The van der Waals surface area contributed by atoms with Crippen LogP contribution < -0.4 is 9.47 Å². The summed E-state index contributed by atoms with van der Waals surface area (Å²) in [6.45, 7) is 3.04. The molecule has 1 aliphatic heterocycles. The molecule has 0 aromatic heterocycles. The second kappa shape index (κ2) is 4.96. The first-order valence-corrected chi connectivity index (χ1v) is 6.28. The Morgan fingerprint density at radius 1 is 1.41 bits per heavy atom. The number of aromatic carboxylic acids is 1. The molecule has 1 aromatic carbocycles. The van der Waals surface area contributed by atoms with E-state index < -0.39 is 5.97 Å². The summed E-state index contributed by atoms with van der Waals surface area (Å²) >= 11 is 3.33. The van der Waals surface area contributed by atoms with E-state index in [1.807, 2.05) is 6.92 Å². The fourth-order valence-electron chi connectivity index (χ4n) is 1.88. The van der Waals surface area contributed by atoms with Crippen molar-refractivity contribution in [2.75, 3.05) is 13.2 Å². The highest BCUT2D eigenvalue weighted by Gasteiger charge is 2.23. The molecule has 0 atom stereocenters. The molecule has 0 saturated carbocycles. The van der Waals surface area contributed by atoms with Gasteiger partial charge in [0, 0.05) is 12.0 Å². The molecule has 1 N–H and O–H groups in total. The first-order chi connectivity index (χ1) is 8.15. The van der Waals surface area contributed by atoms with Gasteiger partial charge in [0.05, 0.1) is 23.2 Å². The fourth-order valence-corrected chi connectivity index (χ4v) is 2.41. The second-order valence-electron chi connectivity index (χ2n) is 3.75. The Bertz CT molecular complexity index is 456. The lowest BCUT2D eigenvalue weighted by Crippen LogP contribution is -2.06. The van der Waals surface area contributed by atoms with Gasteiger partial charge in [0.15, 0.2) is 11.5 Å². The lowest BCUT2D eigenvalue weighted by atomic mass is 10.0. The topological polar surface area (TPSA) is 55.8 Å². The molecular weight excluding hydrogens is 288 g/mol. The highest BCUT2D eigenvalue weighted by molar-refractivity contribution is 9.10. The Morgan fingerprint density at radius 3 is 2.65 bits per heavy atom. The average molecular weight is 301 g/mol. The number of benzene rings is 1. The molecule has 0 spiro atoms. The number of fused-ring (bicyclic) bond motifs is 1. The quantitative estimate of drug-likeness (QED) is 0.912. The van der Waals surface area contributed by atoms with E-state index in [9.17, 15) is 9.90 Å². The van der Waals surface area contributed by atoms with Crippen LogP contribution in [0.15, 0.2) is 10.5 Å². The summed E-state index contributed by atoms with van der Waals surface area (Å²) in [6.07, 6.45) is 1.40. The van der Waals surface area contributed by atoms with E-state index in [1.165, 1.54) is 0 Å². The summed E-state index contributed by atoms with van der Waals surface area (Å²) < 4.78 is 11.8. The Morgan fingerprint density at radius 2 is 2.06 bits per heavy atom. The number of rotatable bonds is 2. The minimum atomic E-state index is -0.946. The van der Waals surface area contributed by atoms with Gasteiger partial charge in [-0.25, -0.2) is 4.79 Å². The monoisotopic (exact) mass is 300 g/mol. The molecule has 5 heteroatoms. The third-order valence-electron chi connectivity index (χ3n) is 2.66. The lowest BCUT2D eigenvalue weighted by molar-refractivity contribution is 0.0695. The molecule has 1 heterocycles. The predicted octanol–water partition coefficient (Wildman–Crippen LogP) is 2.87. The van der Waals surface area contributed by atoms with Crippen LogP contribution in [0, 0.1) is 0 Å². The van der Waals surface area contributed by atoms with E-state index in [-0.39, 0.29) is 5.56 Å². The summed E-state index contributed by atoms with van der Waals surface area (Å²) in [5.74, 6) is 0.235. The van der Waals surface area contributed by atoms with Crippen molar-refractivity contribution in [3.05, 3.63) is 21.7 Å². The summed E-state index contributed by atoms with van der Waals surface area (Å²) in [6, 6.07) is 1.58. The Hall–Kier alpha value is -1.23. The molecule has 1 aromatic rings.